The van der Waals surface area contributed by atoms with Crippen molar-refractivity contribution in [1.82, 2.24) is 10.2 Å². The largest absolute Gasteiger partial charge is 0.463 e. The number of aromatic amines is 1. The summed E-state index contributed by atoms with van der Waals surface area (Å²) >= 11 is 2.90. The SMILES string of the molecule is O=S(=O)(Nc1cc(-c2ccco2)[nH]n1)c1ccc(Br)cc1C(F)(F)F. The lowest BCUT2D eigenvalue weighted by Gasteiger charge is -2.13. The van der Waals surface area contributed by atoms with Gasteiger partial charge in [0, 0.05) is 10.5 Å². The molecule has 0 aliphatic heterocycles. The molecule has 0 radical (unpaired) electrons. The Bertz CT molecular complexity index is 998. The molecule has 0 unspecified atom stereocenters. The van der Waals surface area contributed by atoms with Crippen molar-refractivity contribution in [3.8, 4) is 11.5 Å². The van der Waals surface area contributed by atoms with E-state index in [1.807, 2.05) is 4.72 Å². The Hall–Kier alpha value is -2.27. The summed E-state index contributed by atoms with van der Waals surface area (Å²) in [6.45, 7) is 0. The van der Waals surface area contributed by atoms with Crippen LogP contribution in [0.3, 0.4) is 0 Å². The minimum absolute atomic E-state index is 0.110. The number of nitrogens with zero attached hydrogens (tertiary/aromatic N) is 1. The van der Waals surface area contributed by atoms with Gasteiger partial charge in [-0.25, -0.2) is 8.42 Å². The van der Waals surface area contributed by atoms with Crippen LogP contribution < -0.4 is 4.72 Å². The predicted molar refractivity (Wildman–Crippen MR) is 86.2 cm³/mol. The van der Waals surface area contributed by atoms with E-state index in [1.54, 1.807) is 12.1 Å². The maximum atomic E-state index is 13.1. The maximum absolute atomic E-state index is 13.1. The van der Waals surface area contributed by atoms with Crippen molar-refractivity contribution in [2.45, 2.75) is 11.1 Å². The Morgan fingerprint density at radius 1 is 1.20 bits per heavy atom. The van der Waals surface area contributed by atoms with Crippen LogP contribution in [0.25, 0.3) is 11.5 Å². The lowest BCUT2D eigenvalue weighted by atomic mass is 10.2. The normalized spacial score (nSPS) is 12.3. The number of sulfonamides is 1. The first-order valence-corrected chi connectivity index (χ1v) is 8.93. The van der Waals surface area contributed by atoms with Gasteiger partial charge >= 0.3 is 6.18 Å². The molecule has 0 saturated heterocycles. The van der Waals surface area contributed by atoms with E-state index in [-0.39, 0.29) is 10.3 Å². The van der Waals surface area contributed by atoms with Gasteiger partial charge in [0.15, 0.2) is 11.6 Å². The van der Waals surface area contributed by atoms with Gasteiger partial charge < -0.3 is 4.42 Å². The van der Waals surface area contributed by atoms with Crippen molar-refractivity contribution in [2.75, 3.05) is 4.72 Å². The van der Waals surface area contributed by atoms with E-state index in [9.17, 15) is 21.6 Å². The first-order valence-electron chi connectivity index (χ1n) is 6.66. The van der Waals surface area contributed by atoms with E-state index >= 15 is 0 Å². The van der Waals surface area contributed by atoms with Gasteiger partial charge in [-0.1, -0.05) is 15.9 Å². The second kappa shape index (κ2) is 6.23. The molecule has 0 aliphatic carbocycles. The van der Waals surface area contributed by atoms with Gasteiger partial charge in [0.2, 0.25) is 0 Å². The third-order valence-electron chi connectivity index (χ3n) is 3.14. The summed E-state index contributed by atoms with van der Waals surface area (Å²) in [5, 5.41) is 6.26. The number of nitrogens with one attached hydrogen (secondary N) is 2. The Balaban J connectivity index is 1.96. The number of hydrogen-bond donors (Lipinski definition) is 2. The highest BCUT2D eigenvalue weighted by Crippen LogP contribution is 2.36. The fourth-order valence-electron chi connectivity index (χ4n) is 2.08. The molecule has 0 saturated carbocycles. The molecule has 3 rings (SSSR count). The highest BCUT2D eigenvalue weighted by molar-refractivity contribution is 9.10. The van der Waals surface area contributed by atoms with Gasteiger partial charge in [0.1, 0.15) is 5.69 Å². The molecule has 25 heavy (non-hydrogen) atoms. The number of H-pyrrole nitrogens is 1. The first kappa shape index (κ1) is 17.5. The fourth-order valence-corrected chi connectivity index (χ4v) is 3.65. The van der Waals surface area contributed by atoms with Crippen LogP contribution in [0.2, 0.25) is 0 Å². The molecule has 1 aromatic carbocycles. The molecule has 2 aromatic heterocycles. The minimum Gasteiger partial charge on any atom is -0.463 e. The zero-order valence-corrected chi connectivity index (χ0v) is 14.5. The van der Waals surface area contributed by atoms with Crippen LogP contribution in [0.1, 0.15) is 5.56 Å². The third kappa shape index (κ3) is 3.71. The van der Waals surface area contributed by atoms with Crippen LogP contribution in [-0.4, -0.2) is 18.6 Å². The minimum atomic E-state index is -4.83. The number of rotatable bonds is 4. The molecule has 2 heterocycles. The topological polar surface area (TPSA) is 88.0 Å². The van der Waals surface area contributed by atoms with Gasteiger partial charge in [-0.2, -0.15) is 18.3 Å². The number of halogens is 4. The quantitative estimate of drug-likeness (QED) is 0.640. The predicted octanol–water partition coefficient (Wildman–Crippen LogP) is 4.25. The lowest BCUT2D eigenvalue weighted by molar-refractivity contribution is -0.139. The standard InChI is InChI=1S/C14H9BrF3N3O3S/c15-8-3-4-12(9(6-8)14(16,17)18)25(22,23)21-13-7-10(19-20-13)11-2-1-5-24-11/h1-7H,(H2,19,20,21). The Morgan fingerprint density at radius 3 is 2.60 bits per heavy atom. The Morgan fingerprint density at radius 2 is 1.96 bits per heavy atom. The lowest BCUT2D eigenvalue weighted by Crippen LogP contribution is -2.19. The molecular formula is C14H9BrF3N3O3S. The molecule has 0 fully saturated rings. The summed E-state index contributed by atoms with van der Waals surface area (Å²) in [7, 11) is -4.50. The zero-order valence-electron chi connectivity index (χ0n) is 12.1. The molecule has 11 heteroatoms. The van der Waals surface area contributed by atoms with Crippen molar-refractivity contribution in [2.24, 2.45) is 0 Å². The summed E-state index contributed by atoms with van der Waals surface area (Å²) in [6, 6.07) is 7.33. The average Bonchev–Trinajstić information content (AvgIpc) is 3.16. The summed E-state index contributed by atoms with van der Waals surface area (Å²) in [6.07, 6.45) is -3.42. The molecule has 0 aliphatic rings. The molecule has 0 amide bonds. The van der Waals surface area contributed by atoms with Gasteiger partial charge in [-0.15, -0.1) is 0 Å². The summed E-state index contributed by atoms with van der Waals surface area (Å²) in [4.78, 5) is -0.897. The third-order valence-corrected chi connectivity index (χ3v) is 5.05. The van der Waals surface area contributed by atoms with E-state index in [1.165, 1.54) is 18.4 Å². The Labute approximate surface area is 148 Å². The summed E-state index contributed by atoms with van der Waals surface area (Å²) in [5.74, 6) is 0.236. The molecule has 2 N–H and O–H groups in total. The number of benzene rings is 1. The van der Waals surface area contributed by atoms with Crippen molar-refractivity contribution >= 4 is 31.8 Å². The molecule has 0 spiro atoms. The number of furan rings is 1. The maximum Gasteiger partial charge on any atom is 0.417 e. The molecule has 3 aromatic rings. The molecule has 0 bridgehead atoms. The summed E-state index contributed by atoms with van der Waals surface area (Å²) < 4.78 is 71.4. The molecule has 6 nitrogen and oxygen atoms in total. The van der Waals surface area contributed by atoms with Crippen molar-refractivity contribution < 1.29 is 26.0 Å². The average molecular weight is 436 g/mol. The van der Waals surface area contributed by atoms with E-state index in [4.69, 9.17) is 4.42 Å². The molecule has 0 atom stereocenters. The molecular weight excluding hydrogens is 427 g/mol. The van der Waals surface area contributed by atoms with Gasteiger partial charge in [0.05, 0.1) is 16.7 Å². The van der Waals surface area contributed by atoms with E-state index < -0.39 is 26.7 Å². The second-order valence-electron chi connectivity index (χ2n) is 4.89. The smallest absolute Gasteiger partial charge is 0.417 e. The van der Waals surface area contributed by atoms with Gasteiger partial charge in [-0.05, 0) is 30.3 Å². The van der Waals surface area contributed by atoms with Crippen molar-refractivity contribution in [1.29, 1.82) is 0 Å². The van der Waals surface area contributed by atoms with E-state index in [0.29, 0.717) is 17.5 Å². The van der Waals surface area contributed by atoms with Crippen LogP contribution in [-0.2, 0) is 16.2 Å². The number of alkyl halides is 3. The molecule has 132 valence electrons. The number of anilines is 1. The Kier molecular flexibility index (Phi) is 4.37. The first-order chi connectivity index (χ1) is 11.7. The van der Waals surface area contributed by atoms with Crippen LogP contribution >= 0.6 is 15.9 Å². The zero-order chi connectivity index (χ0) is 18.2. The second-order valence-corrected chi connectivity index (χ2v) is 7.45. The van der Waals surface area contributed by atoms with Crippen LogP contribution in [0.4, 0.5) is 19.0 Å². The van der Waals surface area contributed by atoms with E-state index in [0.717, 1.165) is 6.07 Å². The summed E-state index contributed by atoms with van der Waals surface area (Å²) in [5.41, 5.74) is -0.911. The fraction of sp³-hybridized carbons (Fsp3) is 0.0714. The number of hydrogen-bond acceptors (Lipinski definition) is 4. The van der Waals surface area contributed by atoms with Crippen LogP contribution in [0.15, 0.2) is 56.4 Å². The van der Waals surface area contributed by atoms with E-state index in [2.05, 4.69) is 26.1 Å². The van der Waals surface area contributed by atoms with Crippen LogP contribution in [0.5, 0.6) is 0 Å². The van der Waals surface area contributed by atoms with Crippen molar-refractivity contribution in [3.63, 3.8) is 0 Å². The highest BCUT2D eigenvalue weighted by atomic mass is 79.9. The monoisotopic (exact) mass is 435 g/mol. The number of aromatic nitrogens is 2. The highest BCUT2D eigenvalue weighted by Gasteiger charge is 2.37. The van der Waals surface area contributed by atoms with Gasteiger partial charge in [0.25, 0.3) is 10.0 Å². The van der Waals surface area contributed by atoms with Crippen LogP contribution in [0, 0.1) is 0 Å². The van der Waals surface area contributed by atoms with Gasteiger partial charge in [-0.3, -0.25) is 9.82 Å². The van der Waals surface area contributed by atoms with Crippen molar-refractivity contribution in [3.05, 3.63) is 52.7 Å².